The lowest BCUT2D eigenvalue weighted by molar-refractivity contribution is -0.0809. The summed E-state index contributed by atoms with van der Waals surface area (Å²) in [7, 11) is 0. The van der Waals surface area contributed by atoms with Crippen molar-refractivity contribution in [1.82, 2.24) is 4.90 Å². The van der Waals surface area contributed by atoms with Gasteiger partial charge in [-0.15, -0.1) is 0 Å². The number of benzene rings is 1. The Labute approximate surface area is 130 Å². The van der Waals surface area contributed by atoms with Crippen LogP contribution in [-0.4, -0.2) is 30.6 Å². The molecule has 5 heteroatoms. The average Bonchev–Trinajstić information content (AvgIpc) is 2.51. The van der Waals surface area contributed by atoms with Crippen molar-refractivity contribution in [3.63, 3.8) is 0 Å². The van der Waals surface area contributed by atoms with Crippen LogP contribution in [0.1, 0.15) is 31.4 Å². The quantitative estimate of drug-likeness (QED) is 0.838. The monoisotopic (exact) mass is 301 g/mol. The number of rotatable bonds is 5. The van der Waals surface area contributed by atoms with Crippen LogP contribution in [0, 0.1) is 34.4 Å². The van der Waals surface area contributed by atoms with Crippen LogP contribution >= 0.6 is 0 Å². The minimum absolute atomic E-state index is 0.0547. The van der Waals surface area contributed by atoms with E-state index in [9.17, 15) is 9.65 Å². The molecule has 1 aromatic rings. The molecule has 0 aliphatic carbocycles. The molecule has 22 heavy (non-hydrogen) atoms. The molecule has 1 heterocycles. The van der Waals surface area contributed by atoms with Crippen molar-refractivity contribution in [3.05, 3.63) is 35.6 Å². The largest absolute Gasteiger partial charge is 0.368 e. The van der Waals surface area contributed by atoms with E-state index < -0.39 is 0 Å². The molecular weight excluding hydrogens is 281 g/mol. The summed E-state index contributed by atoms with van der Waals surface area (Å²) in [4.78, 5) is 2.20. The first-order valence-electron chi connectivity index (χ1n) is 7.52. The van der Waals surface area contributed by atoms with E-state index >= 15 is 0 Å². The Morgan fingerprint density at radius 2 is 2.05 bits per heavy atom. The minimum atomic E-state index is -0.259. The van der Waals surface area contributed by atoms with E-state index in [4.69, 9.17) is 10.00 Å². The molecule has 0 spiro atoms. The van der Waals surface area contributed by atoms with Crippen LogP contribution in [0.25, 0.3) is 0 Å². The third kappa shape index (κ3) is 4.53. The standard InChI is InChI=1S/C17H20FN3O/c1-13-10-21(11-14(9-20)3-2-8-19)12-17(22-13)15-4-6-16(18)7-5-15/h4-7,13-14,17H,2-3,10-12H2,1H3. The van der Waals surface area contributed by atoms with E-state index in [-0.39, 0.29) is 23.9 Å². The predicted octanol–water partition coefficient (Wildman–Crippen LogP) is 3.03. The van der Waals surface area contributed by atoms with Crippen molar-refractivity contribution in [1.29, 1.82) is 10.5 Å². The number of nitrogens with zero attached hydrogens (tertiary/aromatic N) is 3. The van der Waals surface area contributed by atoms with E-state index in [2.05, 4.69) is 17.0 Å². The Balaban J connectivity index is 2.00. The van der Waals surface area contributed by atoms with E-state index in [1.807, 2.05) is 6.92 Å². The average molecular weight is 301 g/mol. The van der Waals surface area contributed by atoms with Gasteiger partial charge in [0, 0.05) is 26.1 Å². The summed E-state index contributed by atoms with van der Waals surface area (Å²) in [5, 5.41) is 17.9. The zero-order valence-corrected chi connectivity index (χ0v) is 12.7. The van der Waals surface area contributed by atoms with Gasteiger partial charge in [-0.05, 0) is 31.0 Å². The van der Waals surface area contributed by atoms with Gasteiger partial charge in [-0.3, -0.25) is 4.90 Å². The molecule has 1 aliphatic heterocycles. The highest BCUT2D eigenvalue weighted by Gasteiger charge is 2.27. The molecule has 0 aromatic heterocycles. The Morgan fingerprint density at radius 3 is 2.68 bits per heavy atom. The topological polar surface area (TPSA) is 60.0 Å². The molecule has 0 amide bonds. The number of hydrogen-bond acceptors (Lipinski definition) is 4. The molecule has 0 bridgehead atoms. The predicted molar refractivity (Wildman–Crippen MR) is 80.1 cm³/mol. The highest BCUT2D eigenvalue weighted by atomic mass is 19.1. The molecule has 1 aliphatic rings. The fourth-order valence-electron chi connectivity index (χ4n) is 2.80. The van der Waals surface area contributed by atoms with Crippen LogP contribution in [-0.2, 0) is 4.74 Å². The number of ether oxygens (including phenoxy) is 1. The van der Waals surface area contributed by atoms with Crippen molar-refractivity contribution in [2.75, 3.05) is 19.6 Å². The third-order valence-corrected chi connectivity index (χ3v) is 3.84. The summed E-state index contributed by atoms with van der Waals surface area (Å²) in [6.45, 7) is 4.09. The first kappa shape index (κ1) is 16.4. The SMILES string of the molecule is CC1CN(CC(C#N)CCC#N)CC(c2ccc(F)cc2)O1. The second-order valence-electron chi connectivity index (χ2n) is 5.73. The van der Waals surface area contributed by atoms with E-state index in [0.29, 0.717) is 25.9 Å². The van der Waals surface area contributed by atoms with Crippen molar-refractivity contribution >= 4 is 0 Å². The molecule has 1 aromatic carbocycles. The molecule has 1 saturated heterocycles. The van der Waals surface area contributed by atoms with E-state index in [1.54, 1.807) is 12.1 Å². The van der Waals surface area contributed by atoms with Crippen LogP contribution in [0.4, 0.5) is 4.39 Å². The maximum absolute atomic E-state index is 13.0. The zero-order valence-electron chi connectivity index (χ0n) is 12.7. The third-order valence-electron chi connectivity index (χ3n) is 3.84. The van der Waals surface area contributed by atoms with Gasteiger partial charge in [-0.2, -0.15) is 10.5 Å². The van der Waals surface area contributed by atoms with Crippen molar-refractivity contribution in [3.8, 4) is 12.1 Å². The molecule has 3 unspecified atom stereocenters. The summed E-state index contributed by atoms with van der Waals surface area (Å²) >= 11 is 0. The van der Waals surface area contributed by atoms with Gasteiger partial charge in [0.05, 0.1) is 30.3 Å². The fourth-order valence-corrected chi connectivity index (χ4v) is 2.80. The van der Waals surface area contributed by atoms with Gasteiger partial charge >= 0.3 is 0 Å². The second kappa shape index (κ2) is 7.89. The minimum Gasteiger partial charge on any atom is -0.368 e. The molecule has 0 saturated carbocycles. The van der Waals surface area contributed by atoms with Crippen molar-refractivity contribution < 1.29 is 9.13 Å². The van der Waals surface area contributed by atoms with Crippen molar-refractivity contribution in [2.24, 2.45) is 5.92 Å². The smallest absolute Gasteiger partial charge is 0.123 e. The van der Waals surface area contributed by atoms with Crippen LogP contribution in [0.2, 0.25) is 0 Å². The summed E-state index contributed by atoms with van der Waals surface area (Å²) in [6.07, 6.45) is 0.943. The molecule has 4 nitrogen and oxygen atoms in total. The van der Waals surface area contributed by atoms with Crippen LogP contribution < -0.4 is 0 Å². The lowest BCUT2D eigenvalue weighted by Crippen LogP contribution is -2.44. The number of hydrogen-bond donors (Lipinski definition) is 0. The maximum atomic E-state index is 13.0. The van der Waals surface area contributed by atoms with E-state index in [0.717, 1.165) is 12.1 Å². The van der Waals surface area contributed by atoms with Crippen LogP contribution in [0.3, 0.4) is 0 Å². The Kier molecular flexibility index (Phi) is 5.89. The lowest BCUT2D eigenvalue weighted by Gasteiger charge is -2.37. The van der Waals surface area contributed by atoms with Gasteiger partial charge in [0.1, 0.15) is 5.82 Å². The van der Waals surface area contributed by atoms with Gasteiger partial charge < -0.3 is 4.74 Å². The fraction of sp³-hybridized carbons (Fsp3) is 0.529. The highest BCUT2D eigenvalue weighted by molar-refractivity contribution is 5.19. The molecule has 0 N–H and O–H groups in total. The van der Waals surface area contributed by atoms with Gasteiger partial charge in [-0.25, -0.2) is 4.39 Å². The van der Waals surface area contributed by atoms with Gasteiger partial charge in [-0.1, -0.05) is 12.1 Å². The van der Waals surface area contributed by atoms with Gasteiger partial charge in [0.2, 0.25) is 0 Å². The Bertz CT molecular complexity index is 561. The molecule has 3 atom stereocenters. The molecule has 1 fully saturated rings. The molecular formula is C17H20FN3O. The summed E-state index contributed by atoms with van der Waals surface area (Å²) in [5.74, 6) is -0.399. The zero-order chi connectivity index (χ0) is 15.9. The molecule has 2 rings (SSSR count). The summed E-state index contributed by atoms with van der Waals surface area (Å²) in [6, 6.07) is 10.7. The summed E-state index contributed by atoms with van der Waals surface area (Å²) < 4.78 is 19.0. The first-order chi connectivity index (χ1) is 10.6. The lowest BCUT2D eigenvalue weighted by atomic mass is 10.0. The highest BCUT2D eigenvalue weighted by Crippen LogP contribution is 2.26. The molecule has 116 valence electrons. The first-order valence-corrected chi connectivity index (χ1v) is 7.52. The van der Waals surface area contributed by atoms with Gasteiger partial charge in [0.25, 0.3) is 0 Å². The van der Waals surface area contributed by atoms with Crippen LogP contribution in [0.15, 0.2) is 24.3 Å². The Hall–Kier alpha value is -1.95. The molecule has 0 radical (unpaired) electrons. The second-order valence-corrected chi connectivity index (χ2v) is 5.73. The number of morpholine rings is 1. The van der Waals surface area contributed by atoms with Gasteiger partial charge in [0.15, 0.2) is 0 Å². The van der Waals surface area contributed by atoms with Crippen molar-refractivity contribution in [2.45, 2.75) is 32.0 Å². The Morgan fingerprint density at radius 1 is 1.32 bits per heavy atom. The number of nitriles is 2. The number of halogens is 1. The normalized spacial score (nSPS) is 23.5. The summed E-state index contributed by atoms with van der Waals surface area (Å²) in [5.41, 5.74) is 0.948. The maximum Gasteiger partial charge on any atom is 0.123 e. The van der Waals surface area contributed by atoms with E-state index in [1.165, 1.54) is 12.1 Å². The van der Waals surface area contributed by atoms with Crippen LogP contribution in [0.5, 0.6) is 0 Å².